The minimum atomic E-state index is -3.13. The fourth-order valence-electron chi connectivity index (χ4n) is 1.37. The predicted molar refractivity (Wildman–Crippen MR) is 78.4 cm³/mol. The highest BCUT2D eigenvalue weighted by Crippen LogP contribution is 2.10. The van der Waals surface area contributed by atoms with E-state index in [0.717, 1.165) is 0 Å². The van der Waals surface area contributed by atoms with Crippen LogP contribution in [0.4, 0.5) is 4.79 Å². The molecule has 0 aliphatic rings. The minimum Gasteiger partial charge on any atom is -0.444 e. The van der Waals surface area contributed by atoms with E-state index in [9.17, 15) is 18.3 Å². The topological polar surface area (TPSA) is 92.7 Å². The van der Waals surface area contributed by atoms with Crippen molar-refractivity contribution in [2.45, 2.75) is 51.9 Å². The molecule has 0 aromatic carbocycles. The second-order valence-corrected chi connectivity index (χ2v) is 8.81. The van der Waals surface area contributed by atoms with Gasteiger partial charge in [-0.25, -0.2) is 13.2 Å². The maximum atomic E-state index is 11.7. The number of rotatable bonds is 7. The Morgan fingerprint density at radius 2 is 1.85 bits per heavy atom. The molecule has 1 atom stereocenters. The van der Waals surface area contributed by atoms with Crippen molar-refractivity contribution in [1.82, 2.24) is 5.32 Å². The molecule has 7 heteroatoms. The molecule has 0 spiro atoms. The van der Waals surface area contributed by atoms with E-state index in [1.807, 2.05) is 0 Å². The molecule has 0 saturated heterocycles. The SMILES string of the molecule is CC(C)S(=O)(=O)CCC(CO)CNC(=O)OC(C)(C)C. The largest absolute Gasteiger partial charge is 0.444 e. The Balaban J connectivity index is 4.21. The first-order valence-corrected chi connectivity index (χ1v) is 8.48. The Morgan fingerprint density at radius 3 is 2.25 bits per heavy atom. The summed E-state index contributed by atoms with van der Waals surface area (Å²) in [7, 11) is -3.13. The second kappa shape index (κ2) is 7.83. The van der Waals surface area contributed by atoms with Gasteiger partial charge in [0.15, 0.2) is 9.84 Å². The number of ether oxygens (including phenoxy) is 1. The van der Waals surface area contributed by atoms with Gasteiger partial charge in [0.2, 0.25) is 0 Å². The van der Waals surface area contributed by atoms with Gasteiger partial charge in [-0.3, -0.25) is 0 Å². The number of hydrogen-bond acceptors (Lipinski definition) is 5. The lowest BCUT2D eigenvalue weighted by molar-refractivity contribution is 0.0512. The number of aliphatic hydroxyl groups excluding tert-OH is 1. The first-order chi connectivity index (χ1) is 8.98. The van der Waals surface area contributed by atoms with Crippen LogP contribution >= 0.6 is 0 Å². The maximum Gasteiger partial charge on any atom is 0.407 e. The van der Waals surface area contributed by atoms with Gasteiger partial charge in [0.25, 0.3) is 0 Å². The molecule has 2 N–H and O–H groups in total. The van der Waals surface area contributed by atoms with Gasteiger partial charge in [0, 0.05) is 19.1 Å². The summed E-state index contributed by atoms with van der Waals surface area (Å²) in [5, 5.41) is 11.3. The summed E-state index contributed by atoms with van der Waals surface area (Å²) in [5.74, 6) is -0.289. The number of carbonyl (C=O) groups is 1. The highest BCUT2D eigenvalue weighted by atomic mass is 32.2. The lowest BCUT2D eigenvalue weighted by atomic mass is 10.1. The van der Waals surface area contributed by atoms with E-state index in [1.165, 1.54) is 0 Å². The Morgan fingerprint density at radius 1 is 1.30 bits per heavy atom. The molecular formula is C13H27NO5S. The van der Waals surface area contributed by atoms with Crippen LogP contribution < -0.4 is 5.32 Å². The molecule has 0 saturated carbocycles. The van der Waals surface area contributed by atoms with E-state index in [-0.39, 0.29) is 24.8 Å². The lowest BCUT2D eigenvalue weighted by Gasteiger charge is -2.21. The van der Waals surface area contributed by atoms with Crippen LogP contribution in [0.15, 0.2) is 0 Å². The summed E-state index contributed by atoms with van der Waals surface area (Å²) < 4.78 is 28.4. The minimum absolute atomic E-state index is 0.00585. The molecule has 0 fully saturated rings. The zero-order chi connectivity index (χ0) is 16.0. The summed E-state index contributed by atoms with van der Waals surface area (Å²) in [5.41, 5.74) is -0.584. The van der Waals surface area contributed by atoms with Crippen LogP contribution in [0.3, 0.4) is 0 Å². The summed E-state index contributed by atoms with van der Waals surface area (Å²) in [6, 6.07) is 0. The average molecular weight is 309 g/mol. The van der Waals surface area contributed by atoms with Crippen molar-refractivity contribution >= 4 is 15.9 Å². The molecule has 1 amide bonds. The average Bonchev–Trinajstić information content (AvgIpc) is 2.26. The molecule has 0 rings (SSSR count). The van der Waals surface area contributed by atoms with Crippen LogP contribution in [-0.2, 0) is 14.6 Å². The van der Waals surface area contributed by atoms with Crippen LogP contribution in [-0.4, -0.2) is 49.4 Å². The van der Waals surface area contributed by atoms with Gasteiger partial charge < -0.3 is 15.2 Å². The maximum absolute atomic E-state index is 11.7. The highest BCUT2D eigenvalue weighted by molar-refractivity contribution is 7.91. The summed E-state index contributed by atoms with van der Waals surface area (Å²) >= 11 is 0. The van der Waals surface area contributed by atoms with Crippen molar-refractivity contribution in [3.63, 3.8) is 0 Å². The smallest absolute Gasteiger partial charge is 0.407 e. The van der Waals surface area contributed by atoms with Gasteiger partial charge in [0.1, 0.15) is 5.60 Å². The number of aliphatic hydroxyl groups is 1. The van der Waals surface area contributed by atoms with Gasteiger partial charge in [-0.1, -0.05) is 0 Å². The second-order valence-electron chi connectivity index (χ2n) is 6.14. The summed E-state index contributed by atoms with van der Waals surface area (Å²) in [4.78, 5) is 11.5. The molecule has 0 aliphatic heterocycles. The zero-order valence-corrected chi connectivity index (χ0v) is 13.8. The molecule has 0 radical (unpaired) electrons. The molecule has 0 bridgehead atoms. The van der Waals surface area contributed by atoms with Gasteiger partial charge in [-0.15, -0.1) is 0 Å². The number of hydrogen-bond donors (Lipinski definition) is 2. The number of alkyl carbamates (subject to hydrolysis) is 1. The van der Waals surface area contributed by atoms with Crippen molar-refractivity contribution in [3.8, 4) is 0 Å². The Hall–Kier alpha value is -0.820. The van der Waals surface area contributed by atoms with Crippen molar-refractivity contribution in [1.29, 1.82) is 0 Å². The Kier molecular flexibility index (Phi) is 7.51. The van der Waals surface area contributed by atoms with E-state index >= 15 is 0 Å². The third-order valence-electron chi connectivity index (χ3n) is 2.72. The fraction of sp³-hybridized carbons (Fsp3) is 0.923. The monoisotopic (exact) mass is 309 g/mol. The van der Waals surface area contributed by atoms with Crippen LogP contribution in [0.2, 0.25) is 0 Å². The molecule has 1 unspecified atom stereocenters. The lowest BCUT2D eigenvalue weighted by Crippen LogP contribution is -2.36. The van der Waals surface area contributed by atoms with Gasteiger partial charge in [-0.05, 0) is 41.0 Å². The van der Waals surface area contributed by atoms with Crippen molar-refractivity contribution in [3.05, 3.63) is 0 Å². The molecule has 0 aromatic heterocycles. The number of sulfone groups is 1. The van der Waals surface area contributed by atoms with Crippen molar-refractivity contribution in [2.75, 3.05) is 18.9 Å². The number of carbonyl (C=O) groups excluding carboxylic acids is 1. The molecule has 20 heavy (non-hydrogen) atoms. The third-order valence-corrected chi connectivity index (χ3v) is 4.96. The van der Waals surface area contributed by atoms with Crippen molar-refractivity contribution in [2.24, 2.45) is 5.92 Å². The van der Waals surface area contributed by atoms with E-state index < -0.39 is 26.8 Å². The highest BCUT2D eigenvalue weighted by Gasteiger charge is 2.20. The molecule has 0 aromatic rings. The number of nitrogens with one attached hydrogen (secondary N) is 1. The normalized spacial score (nSPS) is 14.2. The quantitative estimate of drug-likeness (QED) is 0.740. The Bertz CT molecular complexity index is 397. The molecule has 0 heterocycles. The molecule has 6 nitrogen and oxygen atoms in total. The summed E-state index contributed by atoms with van der Waals surface area (Å²) in [6.07, 6.45) is -0.255. The summed E-state index contributed by atoms with van der Waals surface area (Å²) in [6.45, 7) is 8.54. The standard InChI is InChI=1S/C13H27NO5S/c1-10(2)20(17,18)7-6-11(9-15)8-14-12(16)19-13(3,4)5/h10-11,15H,6-9H2,1-5H3,(H,14,16). The molecule has 120 valence electrons. The van der Waals surface area contributed by atoms with Gasteiger partial charge in [0.05, 0.1) is 11.0 Å². The van der Waals surface area contributed by atoms with Crippen LogP contribution in [0.25, 0.3) is 0 Å². The van der Waals surface area contributed by atoms with E-state index in [4.69, 9.17) is 4.74 Å². The van der Waals surface area contributed by atoms with Crippen LogP contribution in [0.5, 0.6) is 0 Å². The zero-order valence-electron chi connectivity index (χ0n) is 13.0. The molecular weight excluding hydrogens is 282 g/mol. The number of amides is 1. The van der Waals surface area contributed by atoms with E-state index in [2.05, 4.69) is 5.32 Å². The fourth-order valence-corrected chi connectivity index (χ4v) is 2.50. The van der Waals surface area contributed by atoms with Crippen LogP contribution in [0, 0.1) is 5.92 Å². The van der Waals surface area contributed by atoms with Gasteiger partial charge >= 0.3 is 6.09 Å². The van der Waals surface area contributed by atoms with E-state index in [0.29, 0.717) is 6.42 Å². The van der Waals surface area contributed by atoms with Crippen LogP contribution in [0.1, 0.15) is 41.0 Å². The molecule has 0 aliphatic carbocycles. The Labute approximate surface area is 121 Å². The van der Waals surface area contributed by atoms with E-state index in [1.54, 1.807) is 34.6 Å². The van der Waals surface area contributed by atoms with Gasteiger partial charge in [-0.2, -0.15) is 0 Å². The first kappa shape index (κ1) is 19.2. The third kappa shape index (κ3) is 8.37. The predicted octanol–water partition coefficient (Wildman–Crippen LogP) is 1.33. The first-order valence-electron chi connectivity index (χ1n) is 6.77. The van der Waals surface area contributed by atoms with Crippen molar-refractivity contribution < 1.29 is 23.1 Å².